The zero-order chi connectivity index (χ0) is 13.1. The van der Waals surface area contributed by atoms with E-state index in [4.69, 9.17) is 4.65 Å². The smallest absolute Gasteiger partial charge is 0.423 e. The van der Waals surface area contributed by atoms with E-state index in [1.54, 1.807) is 6.20 Å². The molecule has 0 saturated carbocycles. The lowest BCUT2D eigenvalue weighted by molar-refractivity contribution is 0.266. The molecule has 5 nitrogen and oxygen atoms in total. The first-order valence-corrected chi connectivity index (χ1v) is 6.18. The molecule has 3 rings (SSSR count). The Morgan fingerprint density at radius 2 is 2.16 bits per heavy atom. The molecule has 96 valence electrons. The first-order valence-electron chi connectivity index (χ1n) is 6.18. The van der Waals surface area contributed by atoms with Crippen LogP contribution in [0.15, 0.2) is 42.6 Å². The van der Waals surface area contributed by atoms with Gasteiger partial charge in [-0.25, -0.2) is 4.98 Å². The Labute approximate surface area is 111 Å². The molecule has 1 aliphatic heterocycles. The van der Waals surface area contributed by atoms with Gasteiger partial charge in [0.1, 0.15) is 5.82 Å². The van der Waals surface area contributed by atoms with Crippen molar-refractivity contribution in [2.45, 2.75) is 6.42 Å². The third kappa shape index (κ3) is 2.69. The number of hydrogen-bond donors (Lipinski definition) is 3. The lowest BCUT2D eigenvalue weighted by Gasteiger charge is -2.20. The SMILES string of the molecule is OB1OCCc2ccc(NNc3ccccn3)cc21. The van der Waals surface area contributed by atoms with Crippen LogP contribution in [0.5, 0.6) is 0 Å². The van der Waals surface area contributed by atoms with E-state index in [2.05, 4.69) is 15.8 Å². The molecule has 0 spiro atoms. The van der Waals surface area contributed by atoms with Crippen LogP contribution >= 0.6 is 0 Å². The van der Waals surface area contributed by atoms with Gasteiger partial charge in [0.05, 0.1) is 5.69 Å². The van der Waals surface area contributed by atoms with E-state index in [0.29, 0.717) is 6.61 Å². The number of fused-ring (bicyclic) bond motifs is 1. The van der Waals surface area contributed by atoms with Crippen LogP contribution in [0.1, 0.15) is 5.56 Å². The van der Waals surface area contributed by atoms with E-state index < -0.39 is 7.12 Å². The van der Waals surface area contributed by atoms with Gasteiger partial charge in [0.2, 0.25) is 0 Å². The first-order chi connectivity index (χ1) is 9.33. The summed E-state index contributed by atoms with van der Waals surface area (Å²) in [5.41, 5.74) is 8.85. The summed E-state index contributed by atoms with van der Waals surface area (Å²) in [6.45, 7) is 0.563. The maximum Gasteiger partial charge on any atom is 0.491 e. The van der Waals surface area contributed by atoms with Gasteiger partial charge in [-0.1, -0.05) is 12.1 Å². The average Bonchev–Trinajstić information content (AvgIpc) is 2.47. The molecule has 0 unspecified atom stereocenters. The summed E-state index contributed by atoms with van der Waals surface area (Å²) in [6.07, 6.45) is 2.55. The van der Waals surface area contributed by atoms with E-state index in [1.165, 1.54) is 0 Å². The normalized spacial score (nSPS) is 13.8. The Balaban J connectivity index is 1.74. The van der Waals surface area contributed by atoms with Crippen molar-refractivity contribution >= 4 is 24.1 Å². The standard InChI is InChI=1S/C13H14BN3O2/c18-14-12-9-11(5-4-10(12)6-8-19-14)16-17-13-3-1-2-7-15-13/h1-5,7,9,16,18H,6,8H2,(H,15,17). The van der Waals surface area contributed by atoms with E-state index in [1.807, 2.05) is 36.4 Å². The van der Waals surface area contributed by atoms with E-state index in [-0.39, 0.29) is 0 Å². The number of benzene rings is 1. The van der Waals surface area contributed by atoms with Gasteiger partial charge in [0, 0.05) is 12.8 Å². The fourth-order valence-electron chi connectivity index (χ4n) is 2.07. The number of anilines is 2. The highest BCUT2D eigenvalue weighted by atomic mass is 16.5. The summed E-state index contributed by atoms with van der Waals surface area (Å²) >= 11 is 0. The highest BCUT2D eigenvalue weighted by Gasteiger charge is 2.24. The molecular weight excluding hydrogens is 241 g/mol. The number of hydrazine groups is 1. The van der Waals surface area contributed by atoms with Crippen molar-refractivity contribution in [1.29, 1.82) is 0 Å². The summed E-state index contributed by atoms with van der Waals surface area (Å²) in [5.74, 6) is 0.733. The van der Waals surface area contributed by atoms with Crippen LogP contribution in [0.4, 0.5) is 11.5 Å². The van der Waals surface area contributed by atoms with Gasteiger partial charge in [0.15, 0.2) is 0 Å². The van der Waals surface area contributed by atoms with Crippen LogP contribution in [0.3, 0.4) is 0 Å². The Morgan fingerprint density at radius 3 is 3.00 bits per heavy atom. The molecule has 0 radical (unpaired) electrons. The minimum absolute atomic E-state index is 0.563. The Bertz CT molecular complexity index is 565. The topological polar surface area (TPSA) is 66.4 Å². The fraction of sp³-hybridized carbons (Fsp3) is 0.154. The van der Waals surface area contributed by atoms with Crippen molar-refractivity contribution in [2.75, 3.05) is 17.5 Å². The first kappa shape index (κ1) is 12.0. The van der Waals surface area contributed by atoms with Gasteiger partial charge in [-0.05, 0) is 41.7 Å². The molecule has 2 aromatic rings. The van der Waals surface area contributed by atoms with Gasteiger partial charge in [-0.2, -0.15) is 0 Å². The highest BCUT2D eigenvalue weighted by molar-refractivity contribution is 6.61. The molecular formula is C13H14BN3O2. The number of pyridine rings is 1. The molecule has 0 atom stereocenters. The molecule has 0 bridgehead atoms. The quantitative estimate of drug-likeness (QED) is 0.558. The molecule has 0 saturated heterocycles. The molecule has 19 heavy (non-hydrogen) atoms. The van der Waals surface area contributed by atoms with E-state index >= 15 is 0 Å². The second-order valence-electron chi connectivity index (χ2n) is 4.35. The minimum Gasteiger partial charge on any atom is -0.423 e. The Kier molecular flexibility index (Phi) is 3.35. The summed E-state index contributed by atoms with van der Waals surface area (Å²) < 4.78 is 5.22. The molecule has 1 aliphatic rings. The molecule has 0 fully saturated rings. The summed E-state index contributed by atoms with van der Waals surface area (Å²) in [6, 6.07) is 11.5. The fourth-order valence-corrected chi connectivity index (χ4v) is 2.07. The number of nitrogens with zero attached hydrogens (tertiary/aromatic N) is 1. The number of rotatable bonds is 3. The third-order valence-electron chi connectivity index (χ3n) is 3.06. The van der Waals surface area contributed by atoms with Gasteiger partial charge >= 0.3 is 7.12 Å². The number of aromatic nitrogens is 1. The molecule has 0 aliphatic carbocycles. The second-order valence-corrected chi connectivity index (χ2v) is 4.35. The molecule has 1 aromatic heterocycles. The van der Waals surface area contributed by atoms with Crippen molar-refractivity contribution in [1.82, 2.24) is 4.98 Å². The lowest BCUT2D eigenvalue weighted by Crippen LogP contribution is -2.41. The molecule has 0 amide bonds. The maximum atomic E-state index is 9.79. The zero-order valence-electron chi connectivity index (χ0n) is 10.3. The average molecular weight is 255 g/mol. The van der Waals surface area contributed by atoms with Crippen LogP contribution in [-0.4, -0.2) is 23.7 Å². The summed E-state index contributed by atoms with van der Waals surface area (Å²) in [7, 11) is -0.833. The van der Waals surface area contributed by atoms with E-state index in [0.717, 1.165) is 29.0 Å². The van der Waals surface area contributed by atoms with Crippen molar-refractivity contribution in [3.05, 3.63) is 48.2 Å². The van der Waals surface area contributed by atoms with Crippen LogP contribution in [0.25, 0.3) is 0 Å². The molecule has 6 heteroatoms. The summed E-state index contributed by atoms with van der Waals surface area (Å²) in [5, 5.41) is 9.79. The predicted molar refractivity (Wildman–Crippen MR) is 75.2 cm³/mol. The van der Waals surface area contributed by atoms with Crippen molar-refractivity contribution in [3.8, 4) is 0 Å². The Morgan fingerprint density at radius 1 is 1.21 bits per heavy atom. The third-order valence-corrected chi connectivity index (χ3v) is 3.06. The highest BCUT2D eigenvalue weighted by Crippen LogP contribution is 2.13. The number of nitrogens with one attached hydrogen (secondary N) is 2. The largest absolute Gasteiger partial charge is 0.491 e. The second kappa shape index (κ2) is 5.30. The van der Waals surface area contributed by atoms with Crippen LogP contribution < -0.4 is 16.3 Å². The molecule has 1 aromatic carbocycles. The van der Waals surface area contributed by atoms with Crippen LogP contribution in [0.2, 0.25) is 0 Å². The minimum atomic E-state index is -0.833. The van der Waals surface area contributed by atoms with Crippen LogP contribution in [0, 0.1) is 0 Å². The van der Waals surface area contributed by atoms with Crippen molar-refractivity contribution < 1.29 is 9.68 Å². The Hall–Kier alpha value is -2.05. The zero-order valence-corrected chi connectivity index (χ0v) is 10.3. The van der Waals surface area contributed by atoms with E-state index in [9.17, 15) is 5.02 Å². The predicted octanol–water partition coefficient (Wildman–Crippen LogP) is 0.781. The van der Waals surface area contributed by atoms with Crippen molar-refractivity contribution in [2.24, 2.45) is 0 Å². The monoisotopic (exact) mass is 255 g/mol. The summed E-state index contributed by atoms with van der Waals surface area (Å²) in [4.78, 5) is 4.15. The van der Waals surface area contributed by atoms with Gasteiger partial charge in [-0.15, -0.1) is 0 Å². The maximum absolute atomic E-state index is 9.79. The van der Waals surface area contributed by atoms with Crippen molar-refractivity contribution in [3.63, 3.8) is 0 Å². The lowest BCUT2D eigenvalue weighted by atomic mass is 9.73. The van der Waals surface area contributed by atoms with Gasteiger partial charge < -0.3 is 9.68 Å². The van der Waals surface area contributed by atoms with Crippen LogP contribution in [-0.2, 0) is 11.1 Å². The van der Waals surface area contributed by atoms with Gasteiger partial charge in [-0.3, -0.25) is 10.9 Å². The molecule has 2 heterocycles. The molecule has 3 N–H and O–H groups in total. The number of hydrogen-bond acceptors (Lipinski definition) is 5. The van der Waals surface area contributed by atoms with Gasteiger partial charge in [0.25, 0.3) is 0 Å².